The Labute approximate surface area is 108 Å². The van der Waals surface area contributed by atoms with Gasteiger partial charge < -0.3 is 15.7 Å². The molecule has 1 atom stereocenters. The van der Waals surface area contributed by atoms with Gasteiger partial charge in [-0.3, -0.25) is 4.98 Å². The maximum absolute atomic E-state index is 11.6. The number of carbonyl (C=O) groups excluding carboxylic acids is 1. The summed E-state index contributed by atoms with van der Waals surface area (Å²) >= 11 is 0. The van der Waals surface area contributed by atoms with Crippen molar-refractivity contribution in [3.05, 3.63) is 29.6 Å². The molecule has 1 unspecified atom stereocenters. The Morgan fingerprint density at radius 1 is 1.56 bits per heavy atom. The van der Waals surface area contributed by atoms with Crippen molar-refractivity contribution in [2.45, 2.75) is 39.3 Å². The number of nitrogens with zero attached hydrogens (tertiary/aromatic N) is 1. The molecule has 0 aliphatic carbocycles. The molecule has 100 valence electrons. The minimum atomic E-state index is -0.222. The van der Waals surface area contributed by atoms with Gasteiger partial charge in [0.1, 0.15) is 0 Å². The molecule has 1 aromatic rings. The van der Waals surface area contributed by atoms with Crippen LogP contribution in [0, 0.1) is 6.92 Å². The van der Waals surface area contributed by atoms with Crippen LogP contribution in [0.1, 0.15) is 31.0 Å². The van der Waals surface area contributed by atoms with Crippen molar-refractivity contribution in [3.8, 4) is 0 Å². The zero-order valence-electron chi connectivity index (χ0n) is 10.9. The first-order chi connectivity index (χ1) is 8.67. The first kappa shape index (κ1) is 14.4. The summed E-state index contributed by atoms with van der Waals surface area (Å²) in [6, 6.07) is 3.62. The molecule has 2 amide bonds. The fourth-order valence-electron chi connectivity index (χ4n) is 1.64. The molecule has 0 aliphatic rings. The van der Waals surface area contributed by atoms with Gasteiger partial charge in [0.25, 0.3) is 0 Å². The maximum atomic E-state index is 11.6. The van der Waals surface area contributed by atoms with E-state index in [0.717, 1.165) is 17.7 Å². The summed E-state index contributed by atoms with van der Waals surface area (Å²) in [5.41, 5.74) is 1.92. The molecule has 0 fully saturated rings. The highest BCUT2D eigenvalue weighted by atomic mass is 16.3. The van der Waals surface area contributed by atoms with Crippen molar-refractivity contribution >= 4 is 6.03 Å². The number of pyridine rings is 1. The van der Waals surface area contributed by atoms with E-state index in [4.69, 9.17) is 5.11 Å². The number of aliphatic hydroxyl groups excluding tert-OH is 1. The molecule has 1 heterocycles. The average Bonchev–Trinajstić information content (AvgIpc) is 2.37. The normalized spacial score (nSPS) is 11.9. The summed E-state index contributed by atoms with van der Waals surface area (Å²) in [5.74, 6) is 0. The topological polar surface area (TPSA) is 74.2 Å². The van der Waals surface area contributed by atoms with Crippen molar-refractivity contribution in [1.29, 1.82) is 0 Å². The Bertz CT molecular complexity index is 382. The van der Waals surface area contributed by atoms with Gasteiger partial charge in [-0.25, -0.2) is 4.79 Å². The molecule has 0 aromatic carbocycles. The SMILES string of the molecule is CCC(CCO)NC(=O)NCc1ncccc1C. The second-order valence-electron chi connectivity index (χ2n) is 4.21. The molecule has 3 N–H and O–H groups in total. The summed E-state index contributed by atoms with van der Waals surface area (Å²) in [6.45, 7) is 4.43. The Morgan fingerprint density at radius 2 is 2.33 bits per heavy atom. The number of carbonyl (C=O) groups is 1. The van der Waals surface area contributed by atoms with Crippen LogP contribution >= 0.6 is 0 Å². The van der Waals surface area contributed by atoms with E-state index in [1.54, 1.807) is 6.20 Å². The van der Waals surface area contributed by atoms with Gasteiger partial charge in [-0.1, -0.05) is 13.0 Å². The quantitative estimate of drug-likeness (QED) is 0.714. The van der Waals surface area contributed by atoms with Gasteiger partial charge in [0.2, 0.25) is 0 Å². The number of aromatic nitrogens is 1. The van der Waals surface area contributed by atoms with Crippen LogP contribution in [0.2, 0.25) is 0 Å². The third kappa shape index (κ3) is 4.71. The fraction of sp³-hybridized carbons (Fsp3) is 0.538. The highest BCUT2D eigenvalue weighted by Crippen LogP contribution is 2.02. The number of rotatable bonds is 6. The lowest BCUT2D eigenvalue weighted by atomic mass is 10.1. The number of amides is 2. The maximum Gasteiger partial charge on any atom is 0.315 e. The van der Waals surface area contributed by atoms with Crippen LogP contribution in [-0.2, 0) is 6.54 Å². The van der Waals surface area contributed by atoms with Crippen molar-refractivity contribution in [2.75, 3.05) is 6.61 Å². The number of aliphatic hydroxyl groups is 1. The van der Waals surface area contributed by atoms with E-state index in [9.17, 15) is 4.79 Å². The molecule has 0 radical (unpaired) electrons. The summed E-state index contributed by atoms with van der Waals surface area (Å²) in [4.78, 5) is 15.8. The molecular weight excluding hydrogens is 230 g/mol. The van der Waals surface area contributed by atoms with Crippen LogP contribution in [-0.4, -0.2) is 28.8 Å². The molecule has 1 aromatic heterocycles. The molecule has 0 bridgehead atoms. The van der Waals surface area contributed by atoms with E-state index in [1.165, 1.54) is 0 Å². The standard InChI is InChI=1S/C13H21N3O2/c1-3-11(6-8-17)16-13(18)15-9-12-10(2)5-4-7-14-12/h4-5,7,11,17H,3,6,8-9H2,1-2H3,(H2,15,16,18). The van der Waals surface area contributed by atoms with Gasteiger partial charge in [0, 0.05) is 18.8 Å². The van der Waals surface area contributed by atoms with E-state index in [1.807, 2.05) is 26.0 Å². The minimum absolute atomic E-state index is 0.0137. The van der Waals surface area contributed by atoms with Crippen LogP contribution < -0.4 is 10.6 Å². The highest BCUT2D eigenvalue weighted by Gasteiger charge is 2.09. The van der Waals surface area contributed by atoms with Crippen molar-refractivity contribution < 1.29 is 9.90 Å². The first-order valence-electron chi connectivity index (χ1n) is 6.23. The smallest absolute Gasteiger partial charge is 0.315 e. The molecular formula is C13H21N3O2. The zero-order valence-corrected chi connectivity index (χ0v) is 10.9. The summed E-state index contributed by atoms with van der Waals surface area (Å²) in [7, 11) is 0. The third-order valence-corrected chi connectivity index (χ3v) is 2.84. The van der Waals surface area contributed by atoms with E-state index >= 15 is 0 Å². The van der Waals surface area contributed by atoms with Gasteiger partial charge in [-0.2, -0.15) is 0 Å². The van der Waals surface area contributed by atoms with Crippen LogP contribution in [0.3, 0.4) is 0 Å². The van der Waals surface area contributed by atoms with Crippen molar-refractivity contribution in [1.82, 2.24) is 15.6 Å². The first-order valence-corrected chi connectivity index (χ1v) is 6.23. The predicted molar refractivity (Wildman–Crippen MR) is 70.1 cm³/mol. The van der Waals surface area contributed by atoms with Crippen LogP contribution in [0.25, 0.3) is 0 Å². The Balaban J connectivity index is 2.39. The molecule has 5 nitrogen and oxygen atoms in total. The number of urea groups is 1. The largest absolute Gasteiger partial charge is 0.396 e. The average molecular weight is 251 g/mol. The Morgan fingerprint density at radius 3 is 2.94 bits per heavy atom. The molecule has 0 aliphatic heterocycles. The third-order valence-electron chi connectivity index (χ3n) is 2.84. The summed E-state index contributed by atoms with van der Waals surface area (Å²) in [6.07, 6.45) is 3.09. The van der Waals surface area contributed by atoms with Gasteiger partial charge in [-0.05, 0) is 31.4 Å². The molecule has 5 heteroatoms. The second kappa shape index (κ2) is 7.66. The van der Waals surface area contributed by atoms with Gasteiger partial charge in [0.05, 0.1) is 12.2 Å². The monoisotopic (exact) mass is 251 g/mol. The Hall–Kier alpha value is -1.62. The predicted octanol–water partition coefficient (Wildman–Crippen LogP) is 1.35. The highest BCUT2D eigenvalue weighted by molar-refractivity contribution is 5.74. The lowest BCUT2D eigenvalue weighted by Crippen LogP contribution is -2.42. The molecule has 1 rings (SSSR count). The second-order valence-corrected chi connectivity index (χ2v) is 4.21. The molecule has 0 saturated heterocycles. The fourth-order valence-corrected chi connectivity index (χ4v) is 1.64. The van der Waals surface area contributed by atoms with Crippen LogP contribution in [0.4, 0.5) is 4.79 Å². The molecule has 0 spiro atoms. The lowest BCUT2D eigenvalue weighted by Gasteiger charge is -2.16. The number of aryl methyl sites for hydroxylation is 1. The number of hydrogen-bond donors (Lipinski definition) is 3. The van der Waals surface area contributed by atoms with Crippen molar-refractivity contribution in [3.63, 3.8) is 0 Å². The number of hydrogen-bond acceptors (Lipinski definition) is 3. The summed E-state index contributed by atoms with van der Waals surface area (Å²) in [5, 5.41) is 14.4. The minimum Gasteiger partial charge on any atom is -0.396 e. The summed E-state index contributed by atoms with van der Waals surface area (Å²) < 4.78 is 0. The zero-order chi connectivity index (χ0) is 13.4. The van der Waals surface area contributed by atoms with Gasteiger partial charge in [-0.15, -0.1) is 0 Å². The van der Waals surface area contributed by atoms with E-state index < -0.39 is 0 Å². The van der Waals surface area contributed by atoms with Gasteiger partial charge >= 0.3 is 6.03 Å². The van der Waals surface area contributed by atoms with Gasteiger partial charge in [0.15, 0.2) is 0 Å². The van der Waals surface area contributed by atoms with Crippen LogP contribution in [0.5, 0.6) is 0 Å². The number of nitrogens with one attached hydrogen (secondary N) is 2. The molecule has 18 heavy (non-hydrogen) atoms. The van der Waals surface area contributed by atoms with E-state index in [0.29, 0.717) is 13.0 Å². The van der Waals surface area contributed by atoms with Crippen LogP contribution in [0.15, 0.2) is 18.3 Å². The van der Waals surface area contributed by atoms with Crippen molar-refractivity contribution in [2.24, 2.45) is 0 Å². The lowest BCUT2D eigenvalue weighted by molar-refractivity contribution is 0.227. The van der Waals surface area contributed by atoms with E-state index in [-0.39, 0.29) is 18.7 Å². The molecule has 0 saturated carbocycles. The van der Waals surface area contributed by atoms with E-state index in [2.05, 4.69) is 15.6 Å². The Kier molecular flexibility index (Phi) is 6.14.